The summed E-state index contributed by atoms with van der Waals surface area (Å²) in [6.45, 7) is -0.484. The lowest BCUT2D eigenvalue weighted by Crippen LogP contribution is -2.54. The Labute approximate surface area is 212 Å². The van der Waals surface area contributed by atoms with Gasteiger partial charge in [-0.25, -0.2) is 4.79 Å². The van der Waals surface area contributed by atoms with Gasteiger partial charge in [-0.3, -0.25) is 19.2 Å². The van der Waals surface area contributed by atoms with Gasteiger partial charge in [0.1, 0.15) is 17.8 Å². The van der Waals surface area contributed by atoms with Gasteiger partial charge in [-0.1, -0.05) is 42.5 Å². The molecule has 3 amide bonds. The summed E-state index contributed by atoms with van der Waals surface area (Å²) in [4.78, 5) is 60.0. The Morgan fingerprint density at radius 1 is 0.784 bits per heavy atom. The lowest BCUT2D eigenvalue weighted by atomic mass is 10.0. The largest absolute Gasteiger partial charge is 0.508 e. The van der Waals surface area contributed by atoms with Crippen LogP contribution in [0, 0.1) is 0 Å². The highest BCUT2D eigenvalue weighted by atomic mass is 16.4. The van der Waals surface area contributed by atoms with Gasteiger partial charge in [0.2, 0.25) is 17.7 Å². The molecule has 0 aliphatic carbocycles. The Balaban J connectivity index is 2.02. The summed E-state index contributed by atoms with van der Waals surface area (Å²) in [5.74, 6) is -4.82. The van der Waals surface area contributed by atoms with Crippen molar-refractivity contribution in [2.75, 3.05) is 6.54 Å². The van der Waals surface area contributed by atoms with E-state index in [9.17, 15) is 34.2 Å². The minimum Gasteiger partial charge on any atom is -0.508 e. The fourth-order valence-corrected chi connectivity index (χ4v) is 3.38. The van der Waals surface area contributed by atoms with E-state index >= 15 is 0 Å². The second-order valence-electron chi connectivity index (χ2n) is 8.34. The van der Waals surface area contributed by atoms with Crippen molar-refractivity contribution in [1.82, 2.24) is 16.0 Å². The van der Waals surface area contributed by atoms with Crippen LogP contribution >= 0.6 is 0 Å². The molecule has 0 radical (unpaired) electrons. The summed E-state index contributed by atoms with van der Waals surface area (Å²) in [6.07, 6.45) is -0.648. The predicted molar refractivity (Wildman–Crippen MR) is 131 cm³/mol. The molecule has 0 saturated carbocycles. The number of aliphatic carboxylic acids is 2. The van der Waals surface area contributed by atoms with Crippen molar-refractivity contribution in [2.24, 2.45) is 5.73 Å². The van der Waals surface area contributed by atoms with Crippen LogP contribution in [0.4, 0.5) is 0 Å². The number of nitrogens with two attached hydrogens (primary N) is 1. The van der Waals surface area contributed by atoms with E-state index in [1.165, 1.54) is 24.3 Å². The van der Waals surface area contributed by atoms with Crippen LogP contribution in [0.1, 0.15) is 24.0 Å². The summed E-state index contributed by atoms with van der Waals surface area (Å²) in [5.41, 5.74) is 7.30. The molecule has 2 rings (SSSR count). The maximum atomic E-state index is 12.9. The molecule has 2 aromatic carbocycles. The molecule has 3 atom stereocenters. The quantitative estimate of drug-likeness (QED) is 0.174. The van der Waals surface area contributed by atoms with Gasteiger partial charge in [-0.2, -0.15) is 0 Å². The number of rotatable bonds is 14. The number of hydrogen-bond donors (Lipinski definition) is 7. The van der Waals surface area contributed by atoms with Gasteiger partial charge in [-0.15, -0.1) is 0 Å². The lowest BCUT2D eigenvalue weighted by Gasteiger charge is -2.22. The Kier molecular flexibility index (Phi) is 11.0. The Morgan fingerprint density at radius 3 is 2.00 bits per heavy atom. The first-order valence-electron chi connectivity index (χ1n) is 11.4. The highest BCUT2D eigenvalue weighted by molar-refractivity contribution is 5.92. The third kappa shape index (κ3) is 10.4. The zero-order chi connectivity index (χ0) is 27.4. The topological polar surface area (TPSA) is 208 Å². The van der Waals surface area contributed by atoms with Crippen molar-refractivity contribution in [1.29, 1.82) is 0 Å². The summed E-state index contributed by atoms with van der Waals surface area (Å²) >= 11 is 0. The molecule has 0 aliphatic heterocycles. The minimum absolute atomic E-state index is 0.0112. The van der Waals surface area contributed by atoms with E-state index in [4.69, 9.17) is 10.8 Å². The number of carbonyl (C=O) groups excluding carboxylic acids is 3. The van der Waals surface area contributed by atoms with Crippen molar-refractivity contribution in [2.45, 2.75) is 43.8 Å². The third-order valence-corrected chi connectivity index (χ3v) is 5.35. The Morgan fingerprint density at radius 2 is 1.41 bits per heavy atom. The van der Waals surface area contributed by atoms with Crippen LogP contribution < -0.4 is 21.7 Å². The van der Waals surface area contributed by atoms with Crippen molar-refractivity contribution in [3.05, 3.63) is 65.7 Å². The first-order valence-corrected chi connectivity index (χ1v) is 11.4. The van der Waals surface area contributed by atoms with Gasteiger partial charge in [-0.05, 0) is 36.1 Å². The minimum atomic E-state index is -1.49. The van der Waals surface area contributed by atoms with Crippen LogP contribution in [0.5, 0.6) is 5.75 Å². The number of amides is 3. The highest BCUT2D eigenvalue weighted by Crippen LogP contribution is 2.12. The predicted octanol–water partition coefficient (Wildman–Crippen LogP) is -0.460. The van der Waals surface area contributed by atoms with Gasteiger partial charge in [0, 0.05) is 12.8 Å². The fourth-order valence-electron chi connectivity index (χ4n) is 3.38. The molecule has 2 aromatic rings. The molecule has 0 heterocycles. The van der Waals surface area contributed by atoms with E-state index in [2.05, 4.69) is 16.0 Å². The summed E-state index contributed by atoms with van der Waals surface area (Å²) in [6, 6.07) is 11.2. The molecule has 12 heteroatoms. The molecule has 3 unspecified atom stereocenters. The molecule has 198 valence electrons. The summed E-state index contributed by atoms with van der Waals surface area (Å²) in [5, 5.41) is 34.7. The fraction of sp³-hybridized carbons (Fsp3) is 0.320. The Hall–Kier alpha value is -4.45. The van der Waals surface area contributed by atoms with Crippen molar-refractivity contribution in [3.8, 4) is 5.75 Å². The molecule has 37 heavy (non-hydrogen) atoms. The number of hydrogen-bond acceptors (Lipinski definition) is 7. The average Bonchev–Trinajstić information content (AvgIpc) is 2.86. The van der Waals surface area contributed by atoms with E-state index in [-0.39, 0.29) is 25.0 Å². The maximum absolute atomic E-state index is 12.9. The van der Waals surface area contributed by atoms with Gasteiger partial charge in [0.05, 0.1) is 12.6 Å². The van der Waals surface area contributed by atoms with Gasteiger partial charge in [0.25, 0.3) is 0 Å². The third-order valence-electron chi connectivity index (χ3n) is 5.35. The monoisotopic (exact) mass is 514 g/mol. The van der Waals surface area contributed by atoms with E-state index < -0.39 is 60.8 Å². The van der Waals surface area contributed by atoms with Gasteiger partial charge >= 0.3 is 11.9 Å². The molecule has 0 saturated heterocycles. The number of aromatic hydroxyl groups is 1. The standard InChI is InChI=1S/C25H30N4O8/c26-18(12-15-4-2-1-3-5-15)23(34)27-14-21(31)28-20(13-16-6-8-17(30)9-7-16)24(35)29-19(25(36)37)10-11-22(32)33/h1-9,18-20,30H,10-14,26H2,(H,27,34)(H,28,31)(H,29,35)(H,32,33)(H,36,37). The maximum Gasteiger partial charge on any atom is 0.326 e. The van der Waals surface area contributed by atoms with Crippen LogP contribution in [-0.4, -0.2) is 69.7 Å². The van der Waals surface area contributed by atoms with Crippen LogP contribution in [0.15, 0.2) is 54.6 Å². The van der Waals surface area contributed by atoms with Crippen LogP contribution in [-0.2, 0) is 36.8 Å². The molecular formula is C25H30N4O8. The number of nitrogens with one attached hydrogen (secondary N) is 3. The number of phenols is 1. The molecule has 0 bridgehead atoms. The van der Waals surface area contributed by atoms with Crippen molar-refractivity contribution >= 4 is 29.7 Å². The Bertz CT molecular complexity index is 1090. The molecule has 0 aliphatic rings. The number of carboxylic acids is 2. The van der Waals surface area contributed by atoms with E-state index in [0.717, 1.165) is 5.56 Å². The van der Waals surface area contributed by atoms with Crippen LogP contribution in [0.25, 0.3) is 0 Å². The highest BCUT2D eigenvalue weighted by Gasteiger charge is 2.27. The normalized spacial score (nSPS) is 13.0. The van der Waals surface area contributed by atoms with Crippen LogP contribution in [0.2, 0.25) is 0 Å². The van der Waals surface area contributed by atoms with E-state index in [0.29, 0.717) is 5.56 Å². The van der Waals surface area contributed by atoms with Crippen molar-refractivity contribution < 1.29 is 39.3 Å². The summed E-state index contributed by atoms with van der Waals surface area (Å²) < 4.78 is 0. The first-order chi connectivity index (χ1) is 17.5. The second-order valence-corrected chi connectivity index (χ2v) is 8.34. The first kappa shape index (κ1) is 28.8. The molecule has 8 N–H and O–H groups in total. The smallest absolute Gasteiger partial charge is 0.326 e. The SMILES string of the molecule is NC(Cc1ccccc1)C(=O)NCC(=O)NC(Cc1ccc(O)cc1)C(=O)NC(CCC(=O)O)C(=O)O. The number of carbonyl (C=O) groups is 5. The number of phenolic OH excluding ortho intramolecular Hbond substituents is 1. The average molecular weight is 515 g/mol. The van der Waals surface area contributed by atoms with E-state index in [1.54, 1.807) is 0 Å². The van der Waals surface area contributed by atoms with Crippen LogP contribution in [0.3, 0.4) is 0 Å². The van der Waals surface area contributed by atoms with E-state index in [1.807, 2.05) is 30.3 Å². The molecular weight excluding hydrogens is 484 g/mol. The lowest BCUT2D eigenvalue weighted by molar-refractivity contribution is -0.143. The van der Waals surface area contributed by atoms with Crippen molar-refractivity contribution in [3.63, 3.8) is 0 Å². The molecule has 12 nitrogen and oxygen atoms in total. The second kappa shape index (κ2) is 14.2. The molecule has 0 spiro atoms. The zero-order valence-corrected chi connectivity index (χ0v) is 19.9. The number of benzene rings is 2. The summed E-state index contributed by atoms with van der Waals surface area (Å²) in [7, 11) is 0. The van der Waals surface area contributed by atoms with Gasteiger partial charge in [0.15, 0.2) is 0 Å². The number of carboxylic acid groups (broad SMARTS) is 2. The zero-order valence-electron chi connectivity index (χ0n) is 19.9. The molecule has 0 aromatic heterocycles. The van der Waals surface area contributed by atoms with Gasteiger partial charge < -0.3 is 37.0 Å². The molecule has 0 fully saturated rings.